The van der Waals surface area contributed by atoms with Crippen LogP contribution < -0.4 is 5.73 Å². The van der Waals surface area contributed by atoms with Crippen LogP contribution >= 0.6 is 12.2 Å². The van der Waals surface area contributed by atoms with Gasteiger partial charge >= 0.3 is 0 Å². The summed E-state index contributed by atoms with van der Waals surface area (Å²) >= 11 is 5.11. The molecular weight excluding hydrogens is 284 g/mol. The highest BCUT2D eigenvalue weighted by molar-refractivity contribution is 7.71. The van der Waals surface area contributed by atoms with Gasteiger partial charge in [0.1, 0.15) is 28.6 Å². The van der Waals surface area contributed by atoms with E-state index in [0.29, 0.717) is 15.7 Å². The van der Waals surface area contributed by atoms with Gasteiger partial charge in [0.2, 0.25) is 0 Å². The number of aromatic nitrogens is 3. The predicted molar refractivity (Wildman–Crippen MR) is 72.3 cm³/mol. The molecule has 2 aromatic rings. The molecule has 0 spiro atoms. The second-order valence-corrected chi connectivity index (χ2v) is 5.03. The van der Waals surface area contributed by atoms with Gasteiger partial charge in [0.25, 0.3) is 0 Å². The van der Waals surface area contributed by atoms with Gasteiger partial charge in [-0.05, 0) is 6.07 Å². The quantitative estimate of drug-likeness (QED) is 0.463. The zero-order valence-corrected chi connectivity index (χ0v) is 11.1. The fourth-order valence-electron chi connectivity index (χ4n) is 2.39. The molecule has 0 radical (unpaired) electrons. The van der Waals surface area contributed by atoms with E-state index in [1.54, 1.807) is 16.8 Å². The number of ether oxygens (including phenoxy) is 1. The molecule has 0 aliphatic carbocycles. The summed E-state index contributed by atoms with van der Waals surface area (Å²) in [4.78, 5) is 6.79. The molecule has 3 heterocycles. The van der Waals surface area contributed by atoms with E-state index in [2.05, 4.69) is 9.97 Å². The Hall–Kier alpha value is -1.52. The third-order valence-electron chi connectivity index (χ3n) is 3.41. The van der Waals surface area contributed by atoms with Crippen molar-refractivity contribution >= 4 is 29.2 Å². The van der Waals surface area contributed by atoms with Gasteiger partial charge in [-0.1, -0.05) is 12.2 Å². The summed E-state index contributed by atoms with van der Waals surface area (Å²) in [5, 5.41) is 29.6. The van der Waals surface area contributed by atoms with Crippen LogP contribution in [-0.4, -0.2) is 54.8 Å². The summed E-state index contributed by atoms with van der Waals surface area (Å²) in [6, 6.07) is 1.72. The van der Waals surface area contributed by atoms with Crippen LogP contribution in [0.4, 0.5) is 5.95 Å². The van der Waals surface area contributed by atoms with E-state index < -0.39 is 24.5 Å². The molecule has 108 valence electrons. The van der Waals surface area contributed by atoms with E-state index in [1.165, 1.54) is 0 Å². The highest BCUT2D eigenvalue weighted by Crippen LogP contribution is 2.32. The van der Waals surface area contributed by atoms with Crippen molar-refractivity contribution in [3.63, 3.8) is 0 Å². The number of nitrogens with one attached hydrogen (secondary N) is 1. The highest BCUT2D eigenvalue weighted by Gasteiger charge is 2.43. The third-order valence-corrected chi connectivity index (χ3v) is 3.72. The molecule has 1 saturated heterocycles. The average Bonchev–Trinajstić information content (AvgIpc) is 2.93. The Morgan fingerprint density at radius 2 is 2.20 bits per heavy atom. The molecule has 20 heavy (non-hydrogen) atoms. The molecule has 1 fully saturated rings. The lowest BCUT2D eigenvalue weighted by Crippen LogP contribution is -2.33. The zero-order valence-electron chi connectivity index (χ0n) is 10.3. The lowest BCUT2D eigenvalue weighted by molar-refractivity contribution is -0.0508. The van der Waals surface area contributed by atoms with Gasteiger partial charge in [-0.15, -0.1) is 0 Å². The largest absolute Gasteiger partial charge is 0.394 e. The maximum Gasteiger partial charge on any atom is 0.200 e. The zero-order chi connectivity index (χ0) is 14.4. The van der Waals surface area contributed by atoms with Crippen LogP contribution in [0.3, 0.4) is 0 Å². The Morgan fingerprint density at radius 3 is 2.85 bits per heavy atom. The van der Waals surface area contributed by atoms with Crippen molar-refractivity contribution in [2.24, 2.45) is 0 Å². The Labute approximate surface area is 118 Å². The molecule has 1 aliphatic heterocycles. The topological polar surface area (TPSA) is 130 Å². The SMILES string of the molecule is Nc1nc(=S)c2ccn([C@H]3O[C@H](CO)[C@@H](O)[C@H]3O)c2[nH]1. The first kappa shape index (κ1) is 13.5. The van der Waals surface area contributed by atoms with Gasteiger partial charge in [0, 0.05) is 6.20 Å². The summed E-state index contributed by atoms with van der Waals surface area (Å²) < 4.78 is 7.38. The molecule has 0 amide bonds. The predicted octanol–water partition coefficient (Wildman–Crippen LogP) is -0.712. The van der Waals surface area contributed by atoms with Crippen molar-refractivity contribution in [2.45, 2.75) is 24.5 Å². The number of aromatic amines is 1. The van der Waals surface area contributed by atoms with Gasteiger partial charge in [0.05, 0.1) is 12.0 Å². The lowest BCUT2D eigenvalue weighted by Gasteiger charge is -2.17. The number of nitrogens with two attached hydrogens (primary N) is 1. The summed E-state index contributed by atoms with van der Waals surface area (Å²) in [5.41, 5.74) is 6.17. The maximum atomic E-state index is 10.0. The van der Waals surface area contributed by atoms with Gasteiger partial charge in [0.15, 0.2) is 12.2 Å². The van der Waals surface area contributed by atoms with Crippen LogP contribution in [0.5, 0.6) is 0 Å². The second kappa shape index (κ2) is 4.79. The Balaban J connectivity index is 2.09. The molecule has 1 aliphatic rings. The lowest BCUT2D eigenvalue weighted by atomic mass is 10.1. The van der Waals surface area contributed by atoms with Crippen LogP contribution in [0, 0.1) is 4.64 Å². The van der Waals surface area contributed by atoms with Crippen molar-refractivity contribution in [1.29, 1.82) is 0 Å². The number of hydrogen-bond donors (Lipinski definition) is 5. The number of aliphatic hydroxyl groups is 3. The Bertz CT molecular complexity index is 699. The summed E-state index contributed by atoms with van der Waals surface area (Å²) in [6.45, 7) is -0.381. The number of nitrogens with zero attached hydrogens (tertiary/aromatic N) is 2. The molecule has 6 N–H and O–H groups in total. The van der Waals surface area contributed by atoms with E-state index in [-0.39, 0.29) is 12.6 Å². The van der Waals surface area contributed by atoms with Gasteiger partial charge in [-0.25, -0.2) is 4.98 Å². The van der Waals surface area contributed by atoms with E-state index >= 15 is 0 Å². The van der Waals surface area contributed by atoms with Gasteiger partial charge in [-0.3, -0.25) is 0 Å². The molecule has 0 unspecified atom stereocenters. The first-order valence-electron chi connectivity index (χ1n) is 6.01. The number of hydrogen-bond acceptors (Lipinski definition) is 7. The van der Waals surface area contributed by atoms with E-state index in [4.69, 9.17) is 27.8 Å². The Kier molecular flexibility index (Phi) is 3.22. The first-order valence-corrected chi connectivity index (χ1v) is 6.42. The molecule has 0 bridgehead atoms. The monoisotopic (exact) mass is 298 g/mol. The minimum Gasteiger partial charge on any atom is -0.394 e. The van der Waals surface area contributed by atoms with Crippen molar-refractivity contribution in [3.05, 3.63) is 16.9 Å². The van der Waals surface area contributed by atoms with Crippen LogP contribution in [0.25, 0.3) is 11.0 Å². The Morgan fingerprint density at radius 1 is 1.45 bits per heavy atom. The van der Waals surface area contributed by atoms with E-state index in [1.807, 2.05) is 0 Å². The van der Waals surface area contributed by atoms with Crippen molar-refractivity contribution in [3.8, 4) is 0 Å². The van der Waals surface area contributed by atoms with E-state index in [0.717, 1.165) is 0 Å². The molecule has 2 aromatic heterocycles. The normalized spacial score (nSPS) is 30.1. The van der Waals surface area contributed by atoms with Crippen LogP contribution in [0.1, 0.15) is 6.23 Å². The fraction of sp³-hybridized carbons (Fsp3) is 0.455. The molecule has 8 nitrogen and oxygen atoms in total. The second-order valence-electron chi connectivity index (χ2n) is 4.64. The summed E-state index contributed by atoms with van der Waals surface area (Å²) in [7, 11) is 0. The first-order chi connectivity index (χ1) is 9.52. The van der Waals surface area contributed by atoms with Gasteiger partial charge < -0.3 is 35.3 Å². The minimum absolute atomic E-state index is 0.147. The van der Waals surface area contributed by atoms with Crippen molar-refractivity contribution < 1.29 is 20.1 Å². The summed E-state index contributed by atoms with van der Waals surface area (Å²) in [6.07, 6.45) is -2.36. The number of aliphatic hydroxyl groups excluding tert-OH is 3. The van der Waals surface area contributed by atoms with Crippen LogP contribution in [0.2, 0.25) is 0 Å². The molecular formula is C11H14N4O4S. The number of anilines is 1. The van der Waals surface area contributed by atoms with Gasteiger partial charge in [-0.2, -0.15) is 0 Å². The third kappa shape index (κ3) is 1.91. The van der Waals surface area contributed by atoms with Crippen LogP contribution in [-0.2, 0) is 4.74 Å². The molecule has 3 rings (SSSR count). The minimum atomic E-state index is -1.17. The highest BCUT2D eigenvalue weighted by atomic mass is 32.1. The average molecular weight is 298 g/mol. The van der Waals surface area contributed by atoms with Crippen molar-refractivity contribution in [2.75, 3.05) is 12.3 Å². The fourth-order valence-corrected chi connectivity index (χ4v) is 2.66. The molecule has 4 atom stereocenters. The van der Waals surface area contributed by atoms with Crippen LogP contribution in [0.15, 0.2) is 12.3 Å². The van der Waals surface area contributed by atoms with E-state index in [9.17, 15) is 10.2 Å². The maximum absolute atomic E-state index is 10.0. The number of H-pyrrole nitrogens is 1. The summed E-state index contributed by atoms with van der Waals surface area (Å²) in [5.74, 6) is 0.147. The molecule has 0 aromatic carbocycles. The molecule has 9 heteroatoms. The standard InChI is InChI=1S/C11H14N4O4S/c12-11-13-8-4(9(20)14-11)1-2-15(8)10-7(18)6(17)5(3-16)19-10/h1-2,5-7,10,16-18H,3H2,(H3,12,13,14,20)/t5-,6-,7-,10+/m1/s1. The number of rotatable bonds is 2. The number of fused-ring (bicyclic) bond motifs is 1. The smallest absolute Gasteiger partial charge is 0.200 e. The van der Waals surface area contributed by atoms with Crippen molar-refractivity contribution in [1.82, 2.24) is 14.5 Å². The molecule has 0 saturated carbocycles. The number of nitrogen functional groups attached to an aromatic ring is 1.